The second-order valence-corrected chi connectivity index (χ2v) is 4.35. The van der Waals surface area contributed by atoms with E-state index in [-0.39, 0.29) is 6.04 Å². The standard InChI is InChI=1S/C15H16N2O2/c1-11(12-6-4-8-16-9-12)17-10-13-5-2-3-7-14(13)15(18)19/h2-9,11,17H,10H2,1H3,(H,18,19)/t11-/m1/s1. The molecule has 0 saturated heterocycles. The molecule has 0 saturated carbocycles. The van der Waals surface area contributed by atoms with Crippen LogP contribution in [0.25, 0.3) is 0 Å². The molecule has 4 nitrogen and oxygen atoms in total. The molecule has 1 atom stereocenters. The minimum absolute atomic E-state index is 0.121. The lowest BCUT2D eigenvalue weighted by Gasteiger charge is -2.14. The van der Waals surface area contributed by atoms with E-state index >= 15 is 0 Å². The van der Waals surface area contributed by atoms with Crippen LogP contribution >= 0.6 is 0 Å². The fraction of sp³-hybridized carbons (Fsp3) is 0.200. The molecule has 0 unspecified atom stereocenters. The predicted molar refractivity (Wildman–Crippen MR) is 72.9 cm³/mol. The molecule has 1 heterocycles. The van der Waals surface area contributed by atoms with E-state index in [1.807, 2.05) is 31.2 Å². The lowest BCUT2D eigenvalue weighted by atomic mass is 10.1. The number of carboxylic acids is 1. The Morgan fingerprint density at radius 2 is 2.11 bits per heavy atom. The van der Waals surface area contributed by atoms with Gasteiger partial charge in [0, 0.05) is 25.0 Å². The van der Waals surface area contributed by atoms with Gasteiger partial charge in [-0.1, -0.05) is 24.3 Å². The number of pyridine rings is 1. The van der Waals surface area contributed by atoms with Crippen LogP contribution in [0.2, 0.25) is 0 Å². The summed E-state index contributed by atoms with van der Waals surface area (Å²) in [5.74, 6) is -0.897. The highest BCUT2D eigenvalue weighted by atomic mass is 16.4. The van der Waals surface area contributed by atoms with Crippen LogP contribution in [-0.2, 0) is 6.54 Å². The number of carboxylic acid groups (broad SMARTS) is 1. The van der Waals surface area contributed by atoms with Crippen molar-refractivity contribution in [3.63, 3.8) is 0 Å². The third-order valence-electron chi connectivity index (χ3n) is 3.03. The number of hydrogen-bond acceptors (Lipinski definition) is 3. The Kier molecular flexibility index (Phi) is 4.26. The van der Waals surface area contributed by atoms with Gasteiger partial charge in [0.1, 0.15) is 0 Å². The van der Waals surface area contributed by atoms with Crippen molar-refractivity contribution >= 4 is 5.97 Å². The predicted octanol–water partition coefficient (Wildman–Crippen LogP) is 2.63. The Morgan fingerprint density at radius 3 is 2.79 bits per heavy atom. The number of nitrogens with one attached hydrogen (secondary N) is 1. The number of hydrogen-bond donors (Lipinski definition) is 2. The third kappa shape index (κ3) is 3.39. The molecule has 1 aromatic carbocycles. The molecule has 4 heteroatoms. The van der Waals surface area contributed by atoms with E-state index in [0.717, 1.165) is 11.1 Å². The molecular weight excluding hydrogens is 240 g/mol. The van der Waals surface area contributed by atoms with Gasteiger partial charge in [0.05, 0.1) is 5.56 Å². The molecule has 1 aromatic heterocycles. The Labute approximate surface area is 112 Å². The molecule has 0 aliphatic carbocycles. The zero-order valence-electron chi connectivity index (χ0n) is 10.7. The first kappa shape index (κ1) is 13.2. The number of rotatable bonds is 5. The van der Waals surface area contributed by atoms with Crippen molar-refractivity contribution < 1.29 is 9.90 Å². The van der Waals surface area contributed by atoms with E-state index in [1.54, 1.807) is 24.5 Å². The minimum Gasteiger partial charge on any atom is -0.478 e. The van der Waals surface area contributed by atoms with E-state index in [4.69, 9.17) is 5.11 Å². The summed E-state index contributed by atoms with van der Waals surface area (Å²) < 4.78 is 0. The van der Waals surface area contributed by atoms with E-state index in [1.165, 1.54) is 0 Å². The lowest BCUT2D eigenvalue weighted by molar-refractivity contribution is 0.0695. The zero-order valence-corrected chi connectivity index (χ0v) is 10.7. The second kappa shape index (κ2) is 6.11. The summed E-state index contributed by atoms with van der Waals surface area (Å²) in [5, 5.41) is 12.4. The molecule has 0 aliphatic heterocycles. The normalized spacial score (nSPS) is 12.1. The van der Waals surface area contributed by atoms with Gasteiger partial charge in [-0.3, -0.25) is 4.98 Å². The molecule has 0 amide bonds. The summed E-state index contributed by atoms with van der Waals surface area (Å²) in [6, 6.07) is 11.0. The van der Waals surface area contributed by atoms with Crippen molar-refractivity contribution in [3.05, 3.63) is 65.5 Å². The van der Waals surface area contributed by atoms with Gasteiger partial charge in [-0.25, -0.2) is 4.79 Å². The first-order valence-electron chi connectivity index (χ1n) is 6.13. The quantitative estimate of drug-likeness (QED) is 0.863. The SMILES string of the molecule is C[C@@H](NCc1ccccc1C(=O)O)c1cccnc1. The summed E-state index contributed by atoms with van der Waals surface area (Å²) in [6.07, 6.45) is 3.54. The van der Waals surface area contributed by atoms with Gasteiger partial charge in [0.2, 0.25) is 0 Å². The summed E-state index contributed by atoms with van der Waals surface area (Å²) in [4.78, 5) is 15.2. The van der Waals surface area contributed by atoms with Crippen LogP contribution < -0.4 is 5.32 Å². The Bertz CT molecular complexity index is 555. The van der Waals surface area contributed by atoms with Gasteiger partial charge in [0.15, 0.2) is 0 Å². The molecule has 2 rings (SSSR count). The summed E-state index contributed by atoms with van der Waals surface area (Å²) in [7, 11) is 0. The van der Waals surface area contributed by atoms with Crippen LogP contribution in [0, 0.1) is 0 Å². The molecule has 0 aliphatic rings. The fourth-order valence-corrected chi connectivity index (χ4v) is 1.90. The number of aromatic nitrogens is 1. The molecule has 0 fully saturated rings. The van der Waals surface area contributed by atoms with Crippen LogP contribution in [0.3, 0.4) is 0 Å². The maximum absolute atomic E-state index is 11.1. The minimum atomic E-state index is -0.897. The van der Waals surface area contributed by atoms with Gasteiger partial charge in [0.25, 0.3) is 0 Å². The summed E-state index contributed by atoms with van der Waals surface area (Å²) in [6.45, 7) is 2.54. The first-order chi connectivity index (χ1) is 9.18. The van der Waals surface area contributed by atoms with Crippen molar-refractivity contribution in [2.75, 3.05) is 0 Å². The summed E-state index contributed by atoms with van der Waals surface area (Å²) >= 11 is 0. The highest BCUT2D eigenvalue weighted by molar-refractivity contribution is 5.89. The molecule has 2 aromatic rings. The average Bonchev–Trinajstić information content (AvgIpc) is 2.46. The van der Waals surface area contributed by atoms with Gasteiger partial charge < -0.3 is 10.4 Å². The van der Waals surface area contributed by atoms with Crippen LogP contribution in [-0.4, -0.2) is 16.1 Å². The largest absolute Gasteiger partial charge is 0.478 e. The topological polar surface area (TPSA) is 62.2 Å². The second-order valence-electron chi connectivity index (χ2n) is 4.35. The Balaban J connectivity index is 2.05. The van der Waals surface area contributed by atoms with Gasteiger partial charge >= 0.3 is 5.97 Å². The lowest BCUT2D eigenvalue weighted by Crippen LogP contribution is -2.19. The number of nitrogens with zero attached hydrogens (tertiary/aromatic N) is 1. The van der Waals surface area contributed by atoms with Crippen molar-refractivity contribution in [1.29, 1.82) is 0 Å². The van der Waals surface area contributed by atoms with Crippen molar-refractivity contribution in [2.24, 2.45) is 0 Å². The van der Waals surface area contributed by atoms with E-state index in [2.05, 4.69) is 10.3 Å². The van der Waals surface area contributed by atoms with Crippen molar-refractivity contribution in [2.45, 2.75) is 19.5 Å². The Morgan fingerprint density at radius 1 is 1.32 bits per heavy atom. The van der Waals surface area contributed by atoms with Gasteiger partial charge in [-0.15, -0.1) is 0 Å². The number of benzene rings is 1. The van der Waals surface area contributed by atoms with E-state index < -0.39 is 5.97 Å². The van der Waals surface area contributed by atoms with Crippen LogP contribution in [0.1, 0.15) is 34.5 Å². The van der Waals surface area contributed by atoms with Crippen molar-refractivity contribution in [3.8, 4) is 0 Å². The van der Waals surface area contributed by atoms with Crippen LogP contribution in [0.4, 0.5) is 0 Å². The highest BCUT2D eigenvalue weighted by Gasteiger charge is 2.10. The maximum atomic E-state index is 11.1. The molecule has 2 N–H and O–H groups in total. The fourth-order valence-electron chi connectivity index (χ4n) is 1.90. The van der Waals surface area contributed by atoms with Crippen LogP contribution in [0.5, 0.6) is 0 Å². The molecular formula is C15H16N2O2. The molecule has 0 bridgehead atoms. The van der Waals surface area contributed by atoms with Crippen molar-refractivity contribution in [1.82, 2.24) is 10.3 Å². The van der Waals surface area contributed by atoms with E-state index in [0.29, 0.717) is 12.1 Å². The molecule has 98 valence electrons. The Hall–Kier alpha value is -2.20. The first-order valence-corrected chi connectivity index (χ1v) is 6.13. The highest BCUT2D eigenvalue weighted by Crippen LogP contribution is 2.13. The molecule has 0 radical (unpaired) electrons. The third-order valence-corrected chi connectivity index (χ3v) is 3.03. The molecule has 0 spiro atoms. The van der Waals surface area contributed by atoms with Crippen LogP contribution in [0.15, 0.2) is 48.8 Å². The van der Waals surface area contributed by atoms with Gasteiger partial charge in [-0.2, -0.15) is 0 Å². The average molecular weight is 256 g/mol. The number of aromatic carboxylic acids is 1. The maximum Gasteiger partial charge on any atom is 0.336 e. The molecule has 19 heavy (non-hydrogen) atoms. The smallest absolute Gasteiger partial charge is 0.336 e. The van der Waals surface area contributed by atoms with E-state index in [9.17, 15) is 4.79 Å². The monoisotopic (exact) mass is 256 g/mol. The zero-order chi connectivity index (χ0) is 13.7. The van der Waals surface area contributed by atoms with Gasteiger partial charge in [-0.05, 0) is 30.2 Å². The summed E-state index contributed by atoms with van der Waals surface area (Å²) in [5.41, 5.74) is 2.20. The number of carbonyl (C=O) groups is 1.